The standard InChI is InChI=1S/C17H16N2O2S/c18-11-14-13-6-2-1-3-7-15(13)22-17(14)19-16(20)9-8-12-5-4-10-21-12/h4-5,8-10H,1-3,6-7H2,(H,19,20). The average molecular weight is 312 g/mol. The summed E-state index contributed by atoms with van der Waals surface area (Å²) in [6.07, 6.45) is 10.0. The number of furan rings is 1. The molecule has 4 nitrogen and oxygen atoms in total. The molecule has 0 atom stereocenters. The summed E-state index contributed by atoms with van der Waals surface area (Å²) in [6, 6.07) is 5.80. The van der Waals surface area contributed by atoms with Crippen LogP contribution >= 0.6 is 11.3 Å². The summed E-state index contributed by atoms with van der Waals surface area (Å²) in [5.41, 5.74) is 1.77. The number of carbonyl (C=O) groups excluding carboxylic acids is 1. The van der Waals surface area contributed by atoms with Crippen LogP contribution < -0.4 is 5.32 Å². The molecule has 22 heavy (non-hydrogen) atoms. The minimum absolute atomic E-state index is 0.246. The van der Waals surface area contributed by atoms with Gasteiger partial charge in [-0.15, -0.1) is 11.3 Å². The third-order valence-electron chi connectivity index (χ3n) is 3.71. The largest absolute Gasteiger partial charge is 0.465 e. The number of carbonyl (C=O) groups is 1. The molecule has 0 saturated carbocycles. The van der Waals surface area contributed by atoms with Gasteiger partial charge in [0.1, 0.15) is 16.8 Å². The number of hydrogen-bond acceptors (Lipinski definition) is 4. The normalized spacial score (nSPS) is 14.3. The van der Waals surface area contributed by atoms with E-state index in [1.54, 1.807) is 24.5 Å². The van der Waals surface area contributed by atoms with Gasteiger partial charge in [0, 0.05) is 11.0 Å². The average Bonchev–Trinajstić information content (AvgIpc) is 3.08. The Bertz CT molecular complexity index is 736. The maximum absolute atomic E-state index is 12.0. The van der Waals surface area contributed by atoms with Crippen LogP contribution in [0.5, 0.6) is 0 Å². The Morgan fingerprint density at radius 3 is 3.00 bits per heavy atom. The molecule has 0 radical (unpaired) electrons. The third-order valence-corrected chi connectivity index (χ3v) is 4.92. The van der Waals surface area contributed by atoms with Gasteiger partial charge < -0.3 is 9.73 Å². The number of amides is 1. The van der Waals surface area contributed by atoms with Crippen molar-refractivity contribution in [3.05, 3.63) is 46.2 Å². The summed E-state index contributed by atoms with van der Waals surface area (Å²) < 4.78 is 5.14. The van der Waals surface area contributed by atoms with Crippen LogP contribution in [0.4, 0.5) is 5.00 Å². The molecule has 112 valence electrons. The van der Waals surface area contributed by atoms with Gasteiger partial charge >= 0.3 is 0 Å². The Morgan fingerprint density at radius 2 is 2.23 bits per heavy atom. The zero-order chi connectivity index (χ0) is 15.4. The topological polar surface area (TPSA) is 66.0 Å². The Balaban J connectivity index is 1.77. The second-order valence-corrected chi connectivity index (χ2v) is 6.32. The number of nitriles is 1. The molecule has 0 bridgehead atoms. The number of nitrogens with zero attached hydrogens (tertiary/aromatic N) is 1. The molecule has 2 heterocycles. The number of aryl methyl sites for hydroxylation is 1. The molecule has 3 rings (SSSR count). The second-order valence-electron chi connectivity index (χ2n) is 5.22. The molecular weight excluding hydrogens is 296 g/mol. The lowest BCUT2D eigenvalue weighted by Gasteiger charge is -2.00. The van der Waals surface area contributed by atoms with E-state index >= 15 is 0 Å². The van der Waals surface area contributed by atoms with Crippen LogP contribution in [0.25, 0.3) is 6.08 Å². The molecule has 0 unspecified atom stereocenters. The number of thiophene rings is 1. The lowest BCUT2D eigenvalue weighted by Crippen LogP contribution is -2.07. The van der Waals surface area contributed by atoms with Crippen molar-refractivity contribution in [2.75, 3.05) is 5.32 Å². The Kier molecular flexibility index (Phi) is 4.40. The number of anilines is 1. The van der Waals surface area contributed by atoms with Crippen LogP contribution in [0.1, 0.15) is 41.0 Å². The van der Waals surface area contributed by atoms with Crippen LogP contribution in [-0.4, -0.2) is 5.91 Å². The smallest absolute Gasteiger partial charge is 0.249 e. The fourth-order valence-electron chi connectivity index (χ4n) is 2.65. The summed E-state index contributed by atoms with van der Waals surface area (Å²) in [6.45, 7) is 0. The van der Waals surface area contributed by atoms with Crippen molar-refractivity contribution in [3.8, 4) is 6.07 Å². The highest BCUT2D eigenvalue weighted by atomic mass is 32.1. The van der Waals surface area contributed by atoms with E-state index in [0.717, 1.165) is 31.2 Å². The highest BCUT2D eigenvalue weighted by Gasteiger charge is 2.20. The van der Waals surface area contributed by atoms with Gasteiger partial charge in [-0.3, -0.25) is 4.79 Å². The minimum atomic E-state index is -0.246. The molecular formula is C17H16N2O2S. The maximum Gasteiger partial charge on any atom is 0.249 e. The molecule has 1 amide bonds. The first kappa shape index (κ1) is 14.6. The maximum atomic E-state index is 12.0. The van der Waals surface area contributed by atoms with Crippen molar-refractivity contribution in [2.24, 2.45) is 0 Å². The SMILES string of the molecule is N#Cc1c(NC(=O)C=Cc2ccco2)sc2c1CCCCC2. The lowest BCUT2D eigenvalue weighted by molar-refractivity contribution is -0.111. The zero-order valence-corrected chi connectivity index (χ0v) is 12.9. The van der Waals surface area contributed by atoms with Gasteiger partial charge in [0.15, 0.2) is 0 Å². The van der Waals surface area contributed by atoms with Crippen LogP contribution in [0.2, 0.25) is 0 Å². The van der Waals surface area contributed by atoms with E-state index in [2.05, 4.69) is 11.4 Å². The van der Waals surface area contributed by atoms with Crippen molar-refractivity contribution in [1.29, 1.82) is 5.26 Å². The highest BCUT2D eigenvalue weighted by Crippen LogP contribution is 2.36. The number of hydrogen-bond donors (Lipinski definition) is 1. The van der Waals surface area contributed by atoms with E-state index in [4.69, 9.17) is 4.42 Å². The quantitative estimate of drug-likeness (QED) is 0.684. The summed E-state index contributed by atoms with van der Waals surface area (Å²) in [4.78, 5) is 13.3. The lowest BCUT2D eigenvalue weighted by atomic mass is 10.1. The van der Waals surface area contributed by atoms with Gasteiger partial charge in [-0.05, 0) is 49.5 Å². The van der Waals surface area contributed by atoms with Crippen LogP contribution in [0, 0.1) is 11.3 Å². The van der Waals surface area contributed by atoms with Crippen LogP contribution in [0.15, 0.2) is 28.9 Å². The number of rotatable bonds is 3. The van der Waals surface area contributed by atoms with E-state index in [-0.39, 0.29) is 5.91 Å². The Labute approximate surface area is 133 Å². The van der Waals surface area contributed by atoms with Crippen LogP contribution in [0.3, 0.4) is 0 Å². The van der Waals surface area contributed by atoms with Gasteiger partial charge in [0.05, 0.1) is 11.8 Å². The fraction of sp³-hybridized carbons (Fsp3) is 0.294. The van der Waals surface area contributed by atoms with Gasteiger partial charge in [0.2, 0.25) is 5.91 Å². The molecule has 1 aliphatic rings. The molecule has 0 fully saturated rings. The summed E-state index contributed by atoms with van der Waals surface area (Å²) in [5, 5.41) is 12.9. The summed E-state index contributed by atoms with van der Waals surface area (Å²) in [5.74, 6) is 0.377. The molecule has 0 aromatic carbocycles. The Morgan fingerprint density at radius 1 is 1.36 bits per heavy atom. The van der Waals surface area contributed by atoms with Crippen molar-refractivity contribution in [2.45, 2.75) is 32.1 Å². The predicted molar refractivity (Wildman–Crippen MR) is 86.7 cm³/mol. The molecule has 0 aliphatic heterocycles. The molecule has 0 saturated heterocycles. The van der Waals surface area contributed by atoms with Gasteiger partial charge in [0.25, 0.3) is 0 Å². The van der Waals surface area contributed by atoms with E-state index in [1.165, 1.54) is 28.7 Å². The van der Waals surface area contributed by atoms with Gasteiger partial charge in [-0.2, -0.15) is 5.26 Å². The van der Waals surface area contributed by atoms with Gasteiger partial charge in [-0.25, -0.2) is 0 Å². The monoisotopic (exact) mass is 312 g/mol. The van der Waals surface area contributed by atoms with Gasteiger partial charge in [-0.1, -0.05) is 6.42 Å². The number of fused-ring (bicyclic) bond motifs is 1. The molecule has 0 spiro atoms. The number of nitrogens with one attached hydrogen (secondary N) is 1. The summed E-state index contributed by atoms with van der Waals surface area (Å²) >= 11 is 1.54. The molecule has 5 heteroatoms. The van der Waals surface area contributed by atoms with E-state index < -0.39 is 0 Å². The van der Waals surface area contributed by atoms with Crippen molar-refractivity contribution in [3.63, 3.8) is 0 Å². The minimum Gasteiger partial charge on any atom is -0.465 e. The zero-order valence-electron chi connectivity index (χ0n) is 12.1. The fourth-order valence-corrected chi connectivity index (χ4v) is 3.89. The van der Waals surface area contributed by atoms with Crippen molar-refractivity contribution >= 4 is 28.3 Å². The van der Waals surface area contributed by atoms with E-state index in [0.29, 0.717) is 16.3 Å². The second kappa shape index (κ2) is 6.63. The first-order valence-corrected chi connectivity index (χ1v) is 8.17. The van der Waals surface area contributed by atoms with Crippen molar-refractivity contribution in [1.82, 2.24) is 0 Å². The Hall–Kier alpha value is -2.32. The predicted octanol–water partition coefficient (Wildman–Crippen LogP) is 4.13. The molecule has 2 aromatic rings. The molecule has 2 aromatic heterocycles. The first-order valence-electron chi connectivity index (χ1n) is 7.35. The highest BCUT2D eigenvalue weighted by molar-refractivity contribution is 7.16. The molecule has 1 aliphatic carbocycles. The third kappa shape index (κ3) is 3.12. The van der Waals surface area contributed by atoms with Crippen LogP contribution in [-0.2, 0) is 17.6 Å². The van der Waals surface area contributed by atoms with E-state index in [1.807, 2.05) is 0 Å². The molecule has 1 N–H and O–H groups in total. The first-order chi connectivity index (χ1) is 10.8. The summed E-state index contributed by atoms with van der Waals surface area (Å²) in [7, 11) is 0. The van der Waals surface area contributed by atoms with Crippen molar-refractivity contribution < 1.29 is 9.21 Å². The van der Waals surface area contributed by atoms with E-state index in [9.17, 15) is 10.1 Å².